The molecule has 13 N–H and O–H groups in total. The molecule has 218 valence electrons. The summed E-state index contributed by atoms with van der Waals surface area (Å²) < 4.78 is 23.0. The summed E-state index contributed by atoms with van der Waals surface area (Å²) in [6.45, 7) is 4.27. The summed E-state index contributed by atoms with van der Waals surface area (Å²) in [7, 11) is 0. The molecular weight excluding hydrogens is 496 g/mol. The third-order valence-electron chi connectivity index (χ3n) is 7.23. The number of likely N-dealkylation sites (N-methyl/N-ethyl adjacent to an activating group) is 2. The molecule has 0 unspecified atom stereocenters. The number of ether oxygens (including phenoxy) is 4. The Morgan fingerprint density at radius 2 is 1.30 bits per heavy atom. The lowest BCUT2D eigenvalue weighted by Gasteiger charge is -2.48. The molecule has 1 aliphatic carbocycles. The van der Waals surface area contributed by atoms with E-state index in [9.17, 15) is 35.7 Å². The first-order chi connectivity index (χ1) is 17.5. The summed E-state index contributed by atoms with van der Waals surface area (Å²) in [4.78, 5) is 0. The molecule has 2 aliphatic heterocycles. The fourth-order valence-corrected chi connectivity index (χ4v) is 5.11. The van der Waals surface area contributed by atoms with Crippen LogP contribution < -0.4 is 22.1 Å². The van der Waals surface area contributed by atoms with E-state index in [1.807, 2.05) is 6.92 Å². The van der Waals surface area contributed by atoms with Crippen molar-refractivity contribution in [1.29, 1.82) is 0 Å². The number of rotatable bonds is 10. The van der Waals surface area contributed by atoms with Crippen molar-refractivity contribution < 1.29 is 54.7 Å². The van der Waals surface area contributed by atoms with E-state index in [2.05, 4.69) is 10.6 Å². The van der Waals surface area contributed by atoms with Gasteiger partial charge in [0.05, 0.1) is 12.6 Å². The molecule has 15 atom stereocenters. The molecule has 0 aromatic rings. The lowest BCUT2D eigenvalue weighted by Crippen LogP contribution is -2.69. The lowest BCUT2D eigenvalue weighted by molar-refractivity contribution is -0.333. The van der Waals surface area contributed by atoms with Crippen LogP contribution in [0.5, 0.6) is 0 Å². The van der Waals surface area contributed by atoms with E-state index in [0.29, 0.717) is 13.1 Å². The van der Waals surface area contributed by atoms with Crippen molar-refractivity contribution in [1.82, 2.24) is 10.6 Å². The number of nitrogens with one attached hydrogen (secondary N) is 2. The average Bonchev–Trinajstić information content (AvgIpc) is 2.87. The van der Waals surface area contributed by atoms with E-state index in [4.69, 9.17) is 30.4 Å². The van der Waals surface area contributed by atoms with Gasteiger partial charge in [0.25, 0.3) is 0 Å². The quantitative estimate of drug-likeness (QED) is 0.123. The second-order valence-corrected chi connectivity index (χ2v) is 9.87. The van der Waals surface area contributed by atoms with Gasteiger partial charge in [-0.2, -0.15) is 0 Å². The van der Waals surface area contributed by atoms with Crippen LogP contribution >= 0.6 is 0 Å². The molecule has 0 radical (unpaired) electrons. The Morgan fingerprint density at radius 1 is 0.730 bits per heavy atom. The minimum absolute atomic E-state index is 0.118. The van der Waals surface area contributed by atoms with Crippen molar-refractivity contribution in [2.24, 2.45) is 11.5 Å². The average molecular weight is 541 g/mol. The third-order valence-corrected chi connectivity index (χ3v) is 7.23. The van der Waals surface area contributed by atoms with Gasteiger partial charge in [-0.1, -0.05) is 13.8 Å². The highest BCUT2D eigenvalue weighted by Gasteiger charge is 2.52. The summed E-state index contributed by atoms with van der Waals surface area (Å²) in [6.07, 6.45) is -15.6. The summed E-state index contributed by atoms with van der Waals surface area (Å²) >= 11 is 0. The molecule has 2 heterocycles. The number of hydrogen-bond donors (Lipinski definition) is 11. The Balaban J connectivity index is 1.73. The molecule has 15 heteroatoms. The van der Waals surface area contributed by atoms with Gasteiger partial charge in [-0.05, 0) is 19.5 Å². The Hall–Kier alpha value is -0.600. The maximum atomic E-state index is 11.1. The van der Waals surface area contributed by atoms with E-state index in [-0.39, 0.29) is 13.0 Å². The molecule has 3 fully saturated rings. The number of aliphatic hydroxyl groups excluding tert-OH is 7. The van der Waals surface area contributed by atoms with Gasteiger partial charge >= 0.3 is 0 Å². The van der Waals surface area contributed by atoms with Crippen LogP contribution in [0.1, 0.15) is 20.3 Å². The molecule has 1 saturated carbocycles. The van der Waals surface area contributed by atoms with Crippen LogP contribution in [0.4, 0.5) is 0 Å². The largest absolute Gasteiger partial charge is 0.394 e. The number of aliphatic hydroxyl groups is 7. The minimum Gasteiger partial charge on any atom is -0.394 e. The first-order valence-corrected chi connectivity index (χ1v) is 12.8. The van der Waals surface area contributed by atoms with Crippen molar-refractivity contribution >= 4 is 0 Å². The van der Waals surface area contributed by atoms with Crippen LogP contribution in [-0.4, -0.2) is 154 Å². The highest BCUT2D eigenvalue weighted by atomic mass is 16.7. The second-order valence-electron chi connectivity index (χ2n) is 9.87. The van der Waals surface area contributed by atoms with E-state index >= 15 is 0 Å². The van der Waals surface area contributed by atoms with Crippen molar-refractivity contribution in [2.45, 2.75) is 112 Å². The topological polar surface area (TPSA) is 255 Å². The fraction of sp³-hybridized carbons (Fsp3) is 1.00. The normalized spacial score (nSPS) is 49.2. The number of nitrogens with two attached hydrogens (primary N) is 2. The SMILES string of the molecule is CCNC[C@H]1O[C@H](O[C@H]2[C@H](O)[C@@H](O[C@H]3O[C@H](CO)[C@@H](O)[C@H](NCC)[C@H]3O)[C@H](N)C[C@@H]2N)[C@H](O)[C@@H](O)[C@@H]1O. The molecule has 2 saturated heterocycles. The monoisotopic (exact) mass is 540 g/mol. The van der Waals surface area contributed by atoms with Crippen molar-refractivity contribution in [3.63, 3.8) is 0 Å². The Bertz CT molecular complexity index is 699. The predicted molar refractivity (Wildman–Crippen MR) is 127 cm³/mol. The zero-order chi connectivity index (χ0) is 27.4. The maximum absolute atomic E-state index is 11.1. The molecule has 0 spiro atoms. The standard InChI is InChI=1S/C22H44N4O11/c1-3-25-6-10-14(29)16(31)17(32)22(34-10)37-20-9(24)5-8(23)19(18(20)33)36-21-15(30)12(26-4-2)13(28)11(7-27)35-21/h8-22,25-33H,3-7,23-24H2,1-2H3/t8-,9+,10-,11-,12+,13-,14-,15-,16+,17-,18-,19+,20-,21-,22-/m1/s1. The molecule has 0 amide bonds. The van der Waals surface area contributed by atoms with Gasteiger partial charge in [-0.3, -0.25) is 0 Å². The molecule has 0 bridgehead atoms. The van der Waals surface area contributed by atoms with Crippen LogP contribution in [0.2, 0.25) is 0 Å². The number of hydrogen-bond acceptors (Lipinski definition) is 15. The van der Waals surface area contributed by atoms with Crippen LogP contribution in [0.15, 0.2) is 0 Å². The van der Waals surface area contributed by atoms with Crippen molar-refractivity contribution in [2.75, 3.05) is 26.2 Å². The van der Waals surface area contributed by atoms with Crippen molar-refractivity contribution in [3.05, 3.63) is 0 Å². The summed E-state index contributed by atoms with van der Waals surface area (Å²) in [5, 5.41) is 78.9. The smallest absolute Gasteiger partial charge is 0.187 e. The zero-order valence-corrected chi connectivity index (χ0v) is 21.1. The van der Waals surface area contributed by atoms with Crippen LogP contribution in [0.25, 0.3) is 0 Å². The third kappa shape index (κ3) is 6.77. The predicted octanol–water partition coefficient (Wildman–Crippen LogP) is -5.99. The molecule has 15 nitrogen and oxygen atoms in total. The van der Waals surface area contributed by atoms with Gasteiger partial charge in [0.15, 0.2) is 12.6 Å². The highest BCUT2D eigenvalue weighted by Crippen LogP contribution is 2.31. The van der Waals surface area contributed by atoms with Gasteiger partial charge in [0, 0.05) is 18.6 Å². The van der Waals surface area contributed by atoms with Gasteiger partial charge < -0.3 is 76.8 Å². The maximum Gasteiger partial charge on any atom is 0.187 e. The molecular formula is C22H44N4O11. The van der Waals surface area contributed by atoms with Crippen LogP contribution in [-0.2, 0) is 18.9 Å². The molecule has 0 aromatic heterocycles. The summed E-state index contributed by atoms with van der Waals surface area (Å²) in [5.74, 6) is 0. The van der Waals surface area contributed by atoms with Crippen LogP contribution in [0, 0.1) is 0 Å². The summed E-state index contributed by atoms with van der Waals surface area (Å²) in [6, 6.07) is -2.49. The van der Waals surface area contributed by atoms with Gasteiger partial charge in [0.2, 0.25) is 0 Å². The van der Waals surface area contributed by atoms with E-state index in [0.717, 1.165) is 0 Å². The molecule has 0 aromatic carbocycles. The molecule has 3 aliphatic rings. The van der Waals surface area contributed by atoms with Crippen LogP contribution in [0.3, 0.4) is 0 Å². The Morgan fingerprint density at radius 3 is 1.84 bits per heavy atom. The van der Waals surface area contributed by atoms with Gasteiger partial charge in [-0.15, -0.1) is 0 Å². The van der Waals surface area contributed by atoms with E-state index in [1.54, 1.807) is 6.92 Å². The van der Waals surface area contributed by atoms with Gasteiger partial charge in [0.1, 0.15) is 61.0 Å². The fourth-order valence-electron chi connectivity index (χ4n) is 5.11. The van der Waals surface area contributed by atoms with E-state index < -0.39 is 98.4 Å². The summed E-state index contributed by atoms with van der Waals surface area (Å²) in [5.41, 5.74) is 12.4. The van der Waals surface area contributed by atoms with Crippen molar-refractivity contribution in [3.8, 4) is 0 Å². The molecule has 3 rings (SSSR count). The Kier molecular flexibility index (Phi) is 11.4. The first-order valence-electron chi connectivity index (χ1n) is 12.8. The second kappa shape index (κ2) is 13.6. The molecule has 37 heavy (non-hydrogen) atoms. The minimum atomic E-state index is -1.63. The lowest BCUT2D eigenvalue weighted by atomic mass is 9.84. The Labute approximate surface area is 215 Å². The zero-order valence-electron chi connectivity index (χ0n) is 21.1. The van der Waals surface area contributed by atoms with Gasteiger partial charge in [-0.25, -0.2) is 0 Å². The highest BCUT2D eigenvalue weighted by molar-refractivity contribution is 5.01. The first kappa shape index (κ1) is 30.9. The van der Waals surface area contributed by atoms with E-state index in [1.165, 1.54) is 0 Å².